The molecule has 0 aliphatic carbocycles. The van der Waals surface area contributed by atoms with Gasteiger partial charge < -0.3 is 15.1 Å². The molecule has 15 heteroatoms. The Morgan fingerprint density at radius 3 is 2.28 bits per heavy atom. The maximum absolute atomic E-state index is 13.5. The molecule has 1 unspecified atom stereocenters. The number of aliphatic hydroxyl groups excluding tert-OH is 1. The molecule has 0 bridgehead atoms. The van der Waals surface area contributed by atoms with Gasteiger partial charge in [0.25, 0.3) is 0 Å². The third-order valence-corrected chi connectivity index (χ3v) is 6.98. The van der Waals surface area contributed by atoms with Crippen molar-refractivity contribution in [1.82, 2.24) is 24.7 Å². The minimum absolute atomic E-state index is 0.0210. The topological polar surface area (TPSA) is 110 Å². The fraction of sp³-hybridized carbons (Fsp3) is 0.750. The van der Waals surface area contributed by atoms with E-state index in [0.29, 0.717) is 19.4 Å². The number of hydrogen-bond acceptors (Lipinski definition) is 6. The second-order valence-electron chi connectivity index (χ2n) is 11.2. The Balaban J connectivity index is 1.90. The van der Waals surface area contributed by atoms with Gasteiger partial charge in [0.05, 0.1) is 11.7 Å². The van der Waals surface area contributed by atoms with E-state index in [2.05, 4.69) is 9.97 Å². The van der Waals surface area contributed by atoms with Crippen LogP contribution in [0.15, 0.2) is 0 Å². The molecule has 1 saturated heterocycles. The van der Waals surface area contributed by atoms with Crippen molar-refractivity contribution in [2.24, 2.45) is 5.92 Å². The number of fused-ring (bicyclic) bond motifs is 1. The molecule has 3 rings (SSSR count). The molecular weight excluding hydrogens is 536 g/mol. The fourth-order valence-electron chi connectivity index (χ4n) is 5.24. The molecule has 0 aromatic carbocycles. The Labute approximate surface area is 221 Å². The van der Waals surface area contributed by atoms with Gasteiger partial charge in [-0.25, -0.2) is 14.8 Å². The van der Waals surface area contributed by atoms with Crippen LogP contribution >= 0.6 is 0 Å². The highest BCUT2D eigenvalue weighted by atomic mass is 19.4. The van der Waals surface area contributed by atoms with Crippen LogP contribution in [0.4, 0.5) is 31.1 Å². The zero-order chi connectivity index (χ0) is 29.5. The molecule has 39 heavy (non-hydrogen) atoms. The summed E-state index contributed by atoms with van der Waals surface area (Å²) in [6.45, 7) is 6.59. The van der Waals surface area contributed by atoms with E-state index in [-0.39, 0.29) is 37.8 Å². The highest BCUT2D eigenvalue weighted by molar-refractivity contribution is 5.77. The van der Waals surface area contributed by atoms with E-state index in [9.17, 15) is 46.1 Å². The molecule has 9 nitrogen and oxygen atoms in total. The summed E-state index contributed by atoms with van der Waals surface area (Å²) in [6, 6.07) is -0.907. The minimum atomic E-state index is -5.21. The van der Waals surface area contributed by atoms with Gasteiger partial charge in [0.15, 0.2) is 5.69 Å². The van der Waals surface area contributed by atoms with Gasteiger partial charge in [-0.3, -0.25) is 14.6 Å². The average molecular weight is 570 g/mol. The molecule has 1 aromatic heterocycles. The van der Waals surface area contributed by atoms with Gasteiger partial charge in [-0.05, 0) is 39.5 Å². The van der Waals surface area contributed by atoms with Gasteiger partial charge in [-0.1, -0.05) is 6.92 Å². The maximum atomic E-state index is 13.5. The molecular formula is C24H33F6N5O4. The second-order valence-corrected chi connectivity index (χ2v) is 11.2. The number of halogens is 6. The summed E-state index contributed by atoms with van der Waals surface area (Å²) in [5.41, 5.74) is -3.57. The molecule has 2 aliphatic rings. The lowest BCUT2D eigenvalue weighted by Gasteiger charge is -2.44. The van der Waals surface area contributed by atoms with Crippen LogP contribution in [0, 0.1) is 5.92 Å². The summed E-state index contributed by atoms with van der Waals surface area (Å²) in [4.78, 5) is 34.8. The normalized spacial score (nSPS) is 20.9. The Kier molecular flexibility index (Phi) is 8.75. The van der Waals surface area contributed by atoms with Crippen LogP contribution in [-0.4, -0.2) is 84.3 Å². The molecule has 1 aromatic rings. The molecule has 3 heterocycles. The Bertz CT molecular complexity index is 1070. The third kappa shape index (κ3) is 7.29. The summed E-state index contributed by atoms with van der Waals surface area (Å²) in [7, 11) is 0. The lowest BCUT2D eigenvalue weighted by atomic mass is 9.96. The van der Waals surface area contributed by atoms with Gasteiger partial charge in [-0.15, -0.1) is 0 Å². The molecule has 3 atom stereocenters. The summed E-state index contributed by atoms with van der Waals surface area (Å²) in [5.74, 6) is -1.90. The molecule has 0 saturated carbocycles. The van der Waals surface area contributed by atoms with Crippen molar-refractivity contribution in [3.63, 3.8) is 0 Å². The minimum Gasteiger partial charge on any atom is -0.465 e. The van der Waals surface area contributed by atoms with Gasteiger partial charge >= 0.3 is 18.4 Å². The Morgan fingerprint density at radius 1 is 1.10 bits per heavy atom. The quantitative estimate of drug-likeness (QED) is 0.499. The van der Waals surface area contributed by atoms with Crippen LogP contribution in [0.2, 0.25) is 0 Å². The summed E-state index contributed by atoms with van der Waals surface area (Å²) >= 11 is 0. The monoisotopic (exact) mass is 569 g/mol. The molecule has 2 aliphatic heterocycles. The predicted octanol–water partition coefficient (Wildman–Crippen LogP) is 3.99. The van der Waals surface area contributed by atoms with Crippen molar-refractivity contribution >= 4 is 12.0 Å². The highest BCUT2D eigenvalue weighted by Crippen LogP contribution is 2.37. The molecule has 0 radical (unpaired) electrons. The van der Waals surface area contributed by atoms with Crippen LogP contribution in [0.1, 0.15) is 69.7 Å². The first-order valence-electron chi connectivity index (χ1n) is 12.5. The average Bonchev–Trinajstić information content (AvgIpc) is 2.77. The predicted molar refractivity (Wildman–Crippen MR) is 125 cm³/mol. The zero-order valence-corrected chi connectivity index (χ0v) is 22.1. The van der Waals surface area contributed by atoms with Crippen molar-refractivity contribution in [2.75, 3.05) is 19.6 Å². The Hall–Kier alpha value is -2.68. The van der Waals surface area contributed by atoms with Gasteiger partial charge in [0, 0.05) is 50.1 Å². The van der Waals surface area contributed by atoms with Gasteiger partial charge in [-0.2, -0.15) is 26.3 Å². The first kappa shape index (κ1) is 30.9. The van der Waals surface area contributed by atoms with Crippen LogP contribution < -0.4 is 0 Å². The molecule has 2 amide bonds. The number of piperidine rings is 1. The van der Waals surface area contributed by atoms with E-state index in [1.54, 1.807) is 20.8 Å². The van der Waals surface area contributed by atoms with Gasteiger partial charge in [0.2, 0.25) is 11.7 Å². The zero-order valence-electron chi connectivity index (χ0n) is 22.1. The summed E-state index contributed by atoms with van der Waals surface area (Å²) < 4.78 is 80.3. The van der Waals surface area contributed by atoms with E-state index in [4.69, 9.17) is 0 Å². The summed E-state index contributed by atoms with van der Waals surface area (Å²) in [6.07, 6.45) is -12.7. The highest BCUT2D eigenvalue weighted by Gasteiger charge is 2.44. The van der Waals surface area contributed by atoms with Crippen molar-refractivity contribution in [1.29, 1.82) is 0 Å². The number of aromatic nitrogens is 2. The number of likely N-dealkylation sites (tertiary alicyclic amines) is 1. The van der Waals surface area contributed by atoms with E-state index < -0.39 is 65.6 Å². The van der Waals surface area contributed by atoms with Crippen molar-refractivity contribution in [3.8, 4) is 0 Å². The molecule has 0 spiro atoms. The SMILES string of the molecule is C[C@@H]1CCC(=O)N(C[C@H](CC(O)N2CCc3c(nc(C(F)(F)F)nc3C(F)(F)F)C2)N(C(=O)O)C(C)(C)C)C1. The molecule has 1 fully saturated rings. The third-order valence-electron chi connectivity index (χ3n) is 6.98. The van der Waals surface area contributed by atoms with E-state index in [1.165, 1.54) is 9.80 Å². The summed E-state index contributed by atoms with van der Waals surface area (Å²) in [5, 5.41) is 21.1. The maximum Gasteiger partial charge on any atom is 0.451 e. The number of carbonyl (C=O) groups is 2. The first-order valence-corrected chi connectivity index (χ1v) is 12.5. The van der Waals surface area contributed by atoms with Gasteiger partial charge in [0.1, 0.15) is 6.23 Å². The molecule has 2 N–H and O–H groups in total. The van der Waals surface area contributed by atoms with Crippen molar-refractivity contribution in [3.05, 3.63) is 22.8 Å². The number of aliphatic hydroxyl groups is 1. The van der Waals surface area contributed by atoms with Crippen LogP contribution in [0.3, 0.4) is 0 Å². The number of alkyl halides is 6. The second kappa shape index (κ2) is 11.1. The Morgan fingerprint density at radius 2 is 1.74 bits per heavy atom. The number of amides is 2. The van der Waals surface area contributed by atoms with E-state index in [0.717, 1.165) is 4.90 Å². The standard InChI is InChI=1S/C24H33F6N5O4/c1-13-5-6-17(36)34(10-13)11-14(35(21(38)39)22(2,3)4)9-18(37)33-8-7-15-16(12-33)31-20(24(28,29)30)32-19(15)23(25,26)27/h13-14,18,37H,5-12H2,1-4H3,(H,38,39)/t13-,14+,18?/m1/s1. The largest absolute Gasteiger partial charge is 0.465 e. The fourth-order valence-corrected chi connectivity index (χ4v) is 5.24. The first-order chi connectivity index (χ1) is 17.8. The lowest BCUT2D eigenvalue weighted by molar-refractivity contribution is -0.153. The lowest BCUT2D eigenvalue weighted by Crippen LogP contribution is -2.58. The molecule has 220 valence electrons. The van der Waals surface area contributed by atoms with Crippen LogP contribution in [0.25, 0.3) is 0 Å². The number of nitrogens with zero attached hydrogens (tertiary/aromatic N) is 5. The number of carboxylic acid groups (broad SMARTS) is 1. The van der Waals surface area contributed by atoms with Crippen molar-refractivity contribution < 1.29 is 46.1 Å². The smallest absolute Gasteiger partial charge is 0.451 e. The van der Waals surface area contributed by atoms with Crippen molar-refractivity contribution in [2.45, 2.75) is 90.1 Å². The van der Waals surface area contributed by atoms with E-state index >= 15 is 0 Å². The number of rotatable bonds is 6. The number of hydrogen-bond donors (Lipinski definition) is 2. The number of carbonyl (C=O) groups excluding carboxylic acids is 1. The van der Waals surface area contributed by atoms with E-state index in [1.807, 2.05) is 6.92 Å². The van der Waals surface area contributed by atoms with Crippen LogP contribution in [0.5, 0.6) is 0 Å². The van der Waals surface area contributed by atoms with Crippen LogP contribution in [-0.2, 0) is 30.1 Å².